The molecular weight excluding hydrogens is 1110 g/mol. The van der Waals surface area contributed by atoms with Gasteiger partial charge in [-0.25, -0.2) is 0 Å². The molecule has 0 aromatic rings. The number of halogens is 9. The summed E-state index contributed by atoms with van der Waals surface area (Å²) in [6.07, 6.45) is 23.7. The van der Waals surface area contributed by atoms with Gasteiger partial charge in [-0.3, -0.25) is 13.7 Å². The van der Waals surface area contributed by atoms with Crippen LogP contribution in [-0.2, 0) is 81.4 Å². The molecule has 25 heteroatoms. The fraction of sp³-hybridized carbons (Fsp3) is 0.531. The Balaban J connectivity index is -0.000000132. The first-order valence-corrected chi connectivity index (χ1v) is 19.7. The zero-order valence-electron chi connectivity index (χ0n) is 32.0. The largest absolute Gasteiger partial charge is 2.00 e. The molecular formula is C32H48F9IrNO10S3Zr+. The van der Waals surface area contributed by atoms with E-state index in [0.717, 1.165) is 13.2 Å². The molecule has 4 rings (SSSR count). The summed E-state index contributed by atoms with van der Waals surface area (Å²) in [6.45, 7) is 18.7. The summed E-state index contributed by atoms with van der Waals surface area (Å²) in [6, 6.07) is 0. The molecule has 0 unspecified atom stereocenters. The van der Waals surface area contributed by atoms with Crippen LogP contribution in [0, 0.1) is 93.8 Å². The van der Waals surface area contributed by atoms with E-state index in [1.807, 2.05) is 85.0 Å². The average Bonchev–Trinajstić information content (AvgIpc) is 3.82. The van der Waals surface area contributed by atoms with E-state index in [1.165, 1.54) is 42.9 Å². The fourth-order valence-corrected chi connectivity index (χ4v) is 2.98. The monoisotopic (exact) mass is 1160 g/mol. The summed E-state index contributed by atoms with van der Waals surface area (Å²) < 4.78 is 178. The van der Waals surface area contributed by atoms with Crippen LogP contribution in [-0.4, -0.2) is 74.2 Å². The molecule has 3 saturated carbocycles. The fourth-order valence-electron chi connectivity index (χ4n) is 2.98. The van der Waals surface area contributed by atoms with Crippen LogP contribution in [0.15, 0.2) is 0 Å². The van der Waals surface area contributed by atoms with Gasteiger partial charge in [-0.15, -0.1) is 5.54 Å². The average molecular weight is 1160 g/mol. The first-order valence-electron chi connectivity index (χ1n) is 15.3. The van der Waals surface area contributed by atoms with E-state index < -0.39 is 46.9 Å². The maximum atomic E-state index is 10.7. The summed E-state index contributed by atoms with van der Waals surface area (Å²) in [5.41, 5.74) is -9.92. The summed E-state index contributed by atoms with van der Waals surface area (Å²) in [4.78, 5) is 0. The van der Waals surface area contributed by atoms with Gasteiger partial charge in [0, 0.05) is 33.3 Å². The molecule has 3 aliphatic carbocycles. The molecule has 4 aliphatic rings. The van der Waals surface area contributed by atoms with Gasteiger partial charge in [-0.2, -0.15) is 64.8 Å². The van der Waals surface area contributed by atoms with Crippen molar-refractivity contribution >= 4 is 30.4 Å². The smallest absolute Gasteiger partial charge is 0.673 e. The molecule has 0 aromatic heterocycles. The third-order valence-corrected chi connectivity index (χ3v) is 7.52. The number of alkyl halides is 9. The number of hydrogen-bond acceptors (Lipinski definition) is 7. The van der Waals surface area contributed by atoms with Crippen LogP contribution in [0.5, 0.6) is 0 Å². The molecule has 57 heavy (non-hydrogen) atoms. The van der Waals surface area contributed by atoms with Gasteiger partial charge in [-0.05, 0) is 113 Å². The van der Waals surface area contributed by atoms with Gasteiger partial charge in [0.15, 0.2) is 0 Å². The van der Waals surface area contributed by atoms with E-state index >= 15 is 0 Å². The Morgan fingerprint density at radius 2 is 0.702 bits per heavy atom. The Kier molecular flexibility index (Phi) is 39.2. The topological polar surface area (TPSA) is 196 Å². The molecule has 11 nitrogen and oxygen atoms in total. The van der Waals surface area contributed by atoms with Gasteiger partial charge in [0.25, 0.3) is 0 Å². The number of hydrogen-bond donors (Lipinski definition) is 3. The Morgan fingerprint density at radius 3 is 0.772 bits per heavy atom. The maximum absolute atomic E-state index is 10.7. The summed E-state index contributed by atoms with van der Waals surface area (Å²) in [7, 11) is -17.5. The van der Waals surface area contributed by atoms with Crippen molar-refractivity contribution in [2.75, 3.05) is 13.2 Å². The number of rotatable bonds is 1. The summed E-state index contributed by atoms with van der Waals surface area (Å²) >= 11 is 0. The standard InChI is InChI=1S/C11H17.2C5H5.C4H10N.C4H8O.3CHF3O3S.Ir.Zr/c1-6-11-9(4)7(2)8(3)10(11)5;2*1-2-4-5-3-1;1-4(2,3)5;1-2-4-5-3-1;3*2-1(3,4)8(5,6)7;;/h6H2,1-5H3;2*1-5H;5H,1-3H3;1-4H2;3*(H,5,6,7);;/q;;;-1;;;;;;+2. The van der Waals surface area contributed by atoms with Crippen LogP contribution in [0.2, 0.25) is 0 Å². The van der Waals surface area contributed by atoms with E-state index in [0.29, 0.717) is 0 Å². The summed E-state index contributed by atoms with van der Waals surface area (Å²) in [5, 5.41) is 0. The van der Waals surface area contributed by atoms with Crippen LogP contribution in [0.3, 0.4) is 0 Å². The van der Waals surface area contributed by atoms with E-state index in [-0.39, 0.29) is 51.8 Å². The second-order valence-corrected chi connectivity index (χ2v) is 15.8. The van der Waals surface area contributed by atoms with Crippen molar-refractivity contribution in [2.45, 2.75) is 96.7 Å². The molecule has 16 radical (unpaired) electrons. The SMILES string of the molecule is C1CCOC1.CC(C)(C)[NH-].CC[C]1[C](C)[C](C)[C](C)[C]1C.O=S(=O)(O)C(F)(F)F.O=S(=O)(O)C(F)(F)F.O=S(=O)(O)C(F)(F)F.[CH]1[CH][CH][CH][CH]1.[CH]1[CH][CH][CH][CH]1.[Ir].[Zr+2]. The van der Waals surface area contributed by atoms with Crippen molar-refractivity contribution in [3.63, 3.8) is 0 Å². The molecule has 4 fully saturated rings. The van der Waals surface area contributed by atoms with Crippen LogP contribution >= 0.6 is 0 Å². The molecule has 0 aromatic carbocycles. The van der Waals surface area contributed by atoms with E-state index in [4.69, 9.17) is 49.4 Å². The zero-order chi connectivity index (χ0) is 44.7. The van der Waals surface area contributed by atoms with Gasteiger partial charge in [0.05, 0.1) is 0 Å². The molecule has 0 amide bonds. The predicted octanol–water partition coefficient (Wildman–Crippen LogP) is 9.22. The van der Waals surface area contributed by atoms with Gasteiger partial charge in [0.2, 0.25) is 0 Å². The normalized spacial score (nSPS) is 18.5. The molecule has 1 aliphatic heterocycles. The zero-order valence-corrected chi connectivity index (χ0v) is 39.3. The minimum Gasteiger partial charge on any atom is -0.673 e. The van der Waals surface area contributed by atoms with Crippen molar-refractivity contribution < 1.29 is 129 Å². The van der Waals surface area contributed by atoms with E-state index in [9.17, 15) is 39.5 Å². The predicted molar refractivity (Wildman–Crippen MR) is 189 cm³/mol. The van der Waals surface area contributed by atoms with Crippen molar-refractivity contribution in [3.05, 3.63) is 99.5 Å². The molecule has 0 bridgehead atoms. The molecule has 1 heterocycles. The molecule has 1 saturated heterocycles. The third kappa shape index (κ3) is 40.4. The minimum atomic E-state index is -5.84. The van der Waals surface area contributed by atoms with Crippen molar-refractivity contribution in [1.82, 2.24) is 0 Å². The third-order valence-electron chi connectivity index (χ3n) is 5.76. The van der Waals surface area contributed by atoms with Crippen molar-refractivity contribution in [1.29, 1.82) is 0 Å². The van der Waals surface area contributed by atoms with Crippen LogP contribution in [0.1, 0.15) is 74.7 Å². The quantitative estimate of drug-likeness (QED) is 0.129. The first-order chi connectivity index (χ1) is 24.3. The number of ether oxygens (including phenoxy) is 1. The Labute approximate surface area is 367 Å². The van der Waals surface area contributed by atoms with Crippen LogP contribution in [0.25, 0.3) is 5.73 Å². The number of nitrogens with one attached hydrogen (secondary N) is 1. The molecule has 0 spiro atoms. The molecule has 334 valence electrons. The Hall–Kier alpha value is 0.552. The first kappa shape index (κ1) is 69.3. The van der Waals surface area contributed by atoms with Crippen molar-refractivity contribution in [3.8, 4) is 0 Å². The maximum Gasteiger partial charge on any atom is 2.00 e. The minimum absolute atomic E-state index is 0. The van der Waals surface area contributed by atoms with Crippen LogP contribution in [0.4, 0.5) is 39.5 Å². The van der Waals surface area contributed by atoms with Crippen molar-refractivity contribution in [2.24, 2.45) is 0 Å². The molecule has 0 atom stereocenters. The Bertz CT molecular complexity index is 1140. The van der Waals surface area contributed by atoms with Gasteiger partial charge >= 0.3 is 73.1 Å². The van der Waals surface area contributed by atoms with Crippen LogP contribution < -0.4 is 0 Å². The van der Waals surface area contributed by atoms with Gasteiger partial charge < -0.3 is 10.5 Å². The van der Waals surface area contributed by atoms with E-state index in [2.05, 4.69) is 34.6 Å². The van der Waals surface area contributed by atoms with Gasteiger partial charge in [0.1, 0.15) is 0 Å². The molecule has 4 N–H and O–H groups in total. The second-order valence-electron chi connectivity index (χ2n) is 11.6. The Morgan fingerprint density at radius 1 is 0.544 bits per heavy atom. The summed E-state index contributed by atoms with van der Waals surface area (Å²) in [5.74, 6) is 7.53. The second kappa shape index (κ2) is 32.3. The van der Waals surface area contributed by atoms with E-state index in [1.54, 1.807) is 5.92 Å². The van der Waals surface area contributed by atoms with Gasteiger partial charge in [-0.1, -0.05) is 55.4 Å².